The molecule has 0 spiro atoms. The van der Waals surface area contributed by atoms with Gasteiger partial charge < -0.3 is 4.57 Å². The second-order valence-corrected chi connectivity index (χ2v) is 7.80. The van der Waals surface area contributed by atoms with Crippen molar-refractivity contribution in [2.24, 2.45) is 0 Å². The fourth-order valence-corrected chi connectivity index (χ4v) is 4.25. The fraction of sp³-hybridized carbons (Fsp3) is 0.308. The third-order valence-corrected chi connectivity index (χ3v) is 5.75. The van der Waals surface area contributed by atoms with Crippen molar-refractivity contribution < 1.29 is 9.59 Å². The van der Waals surface area contributed by atoms with Crippen molar-refractivity contribution in [2.75, 3.05) is 6.54 Å². The average molecular weight is 401 g/mol. The van der Waals surface area contributed by atoms with Gasteiger partial charge in [0.05, 0.1) is 22.5 Å². The van der Waals surface area contributed by atoms with Crippen molar-refractivity contribution in [1.82, 2.24) is 9.47 Å². The lowest BCUT2D eigenvalue weighted by Gasteiger charge is -2.19. The Labute approximate surface area is 178 Å². The molecule has 2 amide bonds. The van der Waals surface area contributed by atoms with Crippen LogP contribution in [0.25, 0.3) is 22.5 Å². The highest BCUT2D eigenvalue weighted by molar-refractivity contribution is 6.26. The van der Waals surface area contributed by atoms with E-state index in [9.17, 15) is 9.59 Å². The maximum Gasteiger partial charge on any atom is 0.263 e. The Morgan fingerprint density at radius 1 is 0.633 bits per heavy atom. The van der Waals surface area contributed by atoms with Crippen LogP contribution in [0.5, 0.6) is 0 Å². The quantitative estimate of drug-likeness (QED) is 0.434. The van der Waals surface area contributed by atoms with Crippen molar-refractivity contribution in [2.45, 2.75) is 46.1 Å². The molecule has 3 aromatic rings. The van der Waals surface area contributed by atoms with Crippen LogP contribution in [0.4, 0.5) is 0 Å². The van der Waals surface area contributed by atoms with E-state index in [1.807, 2.05) is 60.7 Å². The molecule has 1 aliphatic rings. The van der Waals surface area contributed by atoms with Gasteiger partial charge in [-0.15, -0.1) is 0 Å². The van der Waals surface area contributed by atoms with Crippen molar-refractivity contribution >= 4 is 11.8 Å². The van der Waals surface area contributed by atoms with Crippen LogP contribution in [0, 0.1) is 0 Å². The largest absolute Gasteiger partial charge is 0.339 e. The summed E-state index contributed by atoms with van der Waals surface area (Å²) in [7, 11) is 0. The van der Waals surface area contributed by atoms with Crippen molar-refractivity contribution in [3.8, 4) is 22.5 Å². The Bertz CT molecular complexity index is 975. The molecular weight excluding hydrogens is 372 g/mol. The molecule has 0 fully saturated rings. The van der Waals surface area contributed by atoms with Crippen LogP contribution in [0.1, 0.15) is 60.2 Å². The predicted molar refractivity (Wildman–Crippen MR) is 120 cm³/mol. The second kappa shape index (κ2) is 8.70. The Hall–Kier alpha value is -3.14. The molecule has 4 nitrogen and oxygen atoms in total. The minimum Gasteiger partial charge on any atom is -0.339 e. The number of carbonyl (C=O) groups is 2. The topological polar surface area (TPSA) is 42.3 Å². The number of imide groups is 1. The molecule has 0 saturated heterocycles. The summed E-state index contributed by atoms with van der Waals surface area (Å²) in [6.45, 7) is 5.47. The third-order valence-electron chi connectivity index (χ3n) is 5.75. The maximum absolute atomic E-state index is 13.5. The van der Waals surface area contributed by atoms with Crippen molar-refractivity contribution in [3.63, 3.8) is 0 Å². The number of carbonyl (C=O) groups excluding carboxylic acids is 2. The molecule has 0 aliphatic carbocycles. The predicted octanol–water partition coefficient (Wildman–Crippen LogP) is 6.02. The monoisotopic (exact) mass is 400 g/mol. The summed E-state index contributed by atoms with van der Waals surface area (Å²) < 4.78 is 2.20. The standard InChI is InChI=1S/C26H28N2O2/c1-3-5-17-27-23(19-13-9-7-10-14-19)21-22(24(27)20-15-11-8-12-16-20)26(30)28(25(21)29)18-6-4-2/h7-16H,3-6,17-18H2,1-2H3. The molecule has 1 aromatic heterocycles. The van der Waals surface area contributed by atoms with Crippen LogP contribution in [-0.4, -0.2) is 27.8 Å². The SMILES string of the molecule is CCCCN1C(=O)c2c(c(-c3ccccc3)n(CCCC)c2-c2ccccc2)C1=O. The van der Waals surface area contributed by atoms with Crippen LogP contribution in [0.15, 0.2) is 60.7 Å². The highest BCUT2D eigenvalue weighted by Crippen LogP contribution is 2.42. The zero-order chi connectivity index (χ0) is 21.1. The number of amides is 2. The van der Waals surface area contributed by atoms with E-state index in [4.69, 9.17) is 0 Å². The van der Waals surface area contributed by atoms with E-state index in [2.05, 4.69) is 18.4 Å². The lowest BCUT2D eigenvalue weighted by atomic mass is 10.0. The lowest BCUT2D eigenvalue weighted by molar-refractivity contribution is 0.0651. The van der Waals surface area contributed by atoms with Crippen molar-refractivity contribution in [3.05, 3.63) is 71.8 Å². The summed E-state index contributed by atoms with van der Waals surface area (Å²) in [5.41, 5.74) is 4.83. The van der Waals surface area contributed by atoms with Gasteiger partial charge >= 0.3 is 0 Å². The number of hydrogen-bond acceptors (Lipinski definition) is 2. The molecule has 0 radical (unpaired) electrons. The maximum atomic E-state index is 13.5. The number of fused-ring (bicyclic) bond motifs is 1. The number of hydrogen-bond donors (Lipinski definition) is 0. The summed E-state index contributed by atoms with van der Waals surface area (Å²) in [4.78, 5) is 28.4. The van der Waals surface area contributed by atoms with E-state index in [1.165, 1.54) is 4.90 Å². The van der Waals surface area contributed by atoms with Gasteiger partial charge in [0.25, 0.3) is 11.8 Å². The number of nitrogens with zero attached hydrogens (tertiary/aromatic N) is 2. The van der Waals surface area contributed by atoms with Gasteiger partial charge in [-0.1, -0.05) is 87.4 Å². The molecule has 0 atom stereocenters. The molecule has 0 bridgehead atoms. The Morgan fingerprint density at radius 3 is 1.50 bits per heavy atom. The fourth-order valence-electron chi connectivity index (χ4n) is 4.25. The molecule has 2 aromatic carbocycles. The summed E-state index contributed by atoms with van der Waals surface area (Å²) >= 11 is 0. The highest BCUT2D eigenvalue weighted by Gasteiger charge is 2.43. The van der Waals surface area contributed by atoms with Gasteiger partial charge in [-0.05, 0) is 24.0 Å². The molecule has 1 aliphatic heterocycles. The van der Waals surface area contributed by atoms with Crippen molar-refractivity contribution in [1.29, 1.82) is 0 Å². The van der Waals surface area contributed by atoms with E-state index in [1.54, 1.807) is 0 Å². The summed E-state index contributed by atoms with van der Waals surface area (Å²) in [5, 5.41) is 0. The first kappa shape index (κ1) is 20.1. The summed E-state index contributed by atoms with van der Waals surface area (Å²) in [6.07, 6.45) is 3.78. The molecule has 2 heterocycles. The first-order chi connectivity index (χ1) is 14.7. The number of aromatic nitrogens is 1. The average Bonchev–Trinajstić information content (AvgIpc) is 3.24. The lowest BCUT2D eigenvalue weighted by Crippen LogP contribution is -2.31. The summed E-state index contributed by atoms with van der Waals surface area (Å²) in [6, 6.07) is 20.0. The van der Waals surface area contributed by atoms with Gasteiger partial charge in [-0.3, -0.25) is 14.5 Å². The molecule has 30 heavy (non-hydrogen) atoms. The highest BCUT2D eigenvalue weighted by atomic mass is 16.2. The van der Waals surface area contributed by atoms with Crippen LogP contribution >= 0.6 is 0 Å². The third kappa shape index (κ3) is 3.36. The minimum absolute atomic E-state index is 0.158. The van der Waals surface area contributed by atoms with Crippen LogP contribution < -0.4 is 0 Å². The van der Waals surface area contributed by atoms with E-state index in [0.29, 0.717) is 17.7 Å². The van der Waals surface area contributed by atoms with Gasteiger partial charge in [0.1, 0.15) is 0 Å². The van der Waals surface area contributed by atoms with Gasteiger partial charge in [0, 0.05) is 13.1 Å². The first-order valence-corrected chi connectivity index (χ1v) is 10.9. The van der Waals surface area contributed by atoms with Crippen LogP contribution in [0.3, 0.4) is 0 Å². The van der Waals surface area contributed by atoms with E-state index in [0.717, 1.165) is 54.7 Å². The summed E-state index contributed by atoms with van der Waals surface area (Å²) in [5.74, 6) is -0.315. The normalized spacial score (nSPS) is 13.2. The number of rotatable bonds is 8. The Kier molecular flexibility index (Phi) is 5.84. The molecule has 0 unspecified atom stereocenters. The molecular formula is C26H28N2O2. The Balaban J connectivity index is 2.00. The van der Waals surface area contributed by atoms with E-state index in [-0.39, 0.29) is 11.8 Å². The minimum atomic E-state index is -0.158. The zero-order valence-electron chi connectivity index (χ0n) is 17.7. The van der Waals surface area contributed by atoms with E-state index >= 15 is 0 Å². The second-order valence-electron chi connectivity index (χ2n) is 7.80. The van der Waals surface area contributed by atoms with Gasteiger partial charge in [-0.2, -0.15) is 0 Å². The molecule has 0 saturated carbocycles. The molecule has 154 valence electrons. The van der Waals surface area contributed by atoms with E-state index < -0.39 is 0 Å². The molecule has 4 rings (SSSR count). The van der Waals surface area contributed by atoms with Crippen LogP contribution in [0.2, 0.25) is 0 Å². The molecule has 4 heteroatoms. The zero-order valence-corrected chi connectivity index (χ0v) is 17.7. The smallest absolute Gasteiger partial charge is 0.263 e. The molecule has 0 N–H and O–H groups in total. The van der Waals surface area contributed by atoms with Gasteiger partial charge in [0.2, 0.25) is 0 Å². The number of unbranched alkanes of at least 4 members (excludes halogenated alkanes) is 2. The van der Waals surface area contributed by atoms with Gasteiger partial charge in [-0.25, -0.2) is 0 Å². The first-order valence-electron chi connectivity index (χ1n) is 10.9. The van der Waals surface area contributed by atoms with Crippen LogP contribution in [-0.2, 0) is 6.54 Å². The van der Waals surface area contributed by atoms with Gasteiger partial charge in [0.15, 0.2) is 0 Å². The number of benzene rings is 2. The Morgan fingerprint density at radius 2 is 1.07 bits per heavy atom.